The van der Waals surface area contributed by atoms with E-state index in [0.29, 0.717) is 15.4 Å². The monoisotopic (exact) mass is 364 g/mol. The first kappa shape index (κ1) is 18.6. The summed E-state index contributed by atoms with van der Waals surface area (Å²) in [5.74, 6) is -2.46. The van der Waals surface area contributed by atoms with Gasteiger partial charge in [0.05, 0.1) is 0 Å². The number of carbonyl (C=O) groups is 2. The topological polar surface area (TPSA) is 40.6 Å². The van der Waals surface area contributed by atoms with Gasteiger partial charge in [-0.05, 0) is 47.9 Å². The van der Waals surface area contributed by atoms with Gasteiger partial charge in [-0.1, -0.05) is 0 Å². The second kappa shape index (κ2) is 7.00. The zero-order valence-electron chi connectivity index (χ0n) is 13.1. The van der Waals surface area contributed by atoms with Crippen LogP contribution in [0.5, 0.6) is 0 Å². The third-order valence-electron chi connectivity index (χ3n) is 3.69. The third kappa shape index (κ3) is 4.00. The van der Waals surface area contributed by atoms with Gasteiger partial charge < -0.3 is 9.80 Å². The van der Waals surface area contributed by atoms with Crippen LogP contribution < -0.4 is 0 Å². The van der Waals surface area contributed by atoms with Crippen molar-refractivity contribution in [3.8, 4) is 0 Å². The Kier molecular flexibility index (Phi) is 5.42. The number of alkyl halides is 3. The van der Waals surface area contributed by atoms with E-state index in [1.807, 2.05) is 0 Å². The van der Waals surface area contributed by atoms with Crippen LogP contribution in [0.2, 0.25) is 0 Å². The van der Waals surface area contributed by atoms with Crippen LogP contribution >= 0.6 is 11.8 Å². The molecule has 0 unspecified atom stereocenters. The van der Waals surface area contributed by atoms with Gasteiger partial charge in [0.1, 0.15) is 5.82 Å². The first-order chi connectivity index (χ1) is 11.1. The smallest absolute Gasteiger partial charge is 0.339 e. The molecule has 0 saturated carbocycles. The van der Waals surface area contributed by atoms with E-state index in [1.54, 1.807) is 14.1 Å². The van der Waals surface area contributed by atoms with Gasteiger partial charge in [-0.2, -0.15) is 13.2 Å². The summed E-state index contributed by atoms with van der Waals surface area (Å²) < 4.78 is 51.8. The SMILES string of the molecule is CN(C)C(=O)Sc1ccc(F)c2c1CCN(C(=O)C(F)(F)F)CC2. The van der Waals surface area contributed by atoms with Crippen LogP contribution in [0, 0.1) is 5.82 Å². The van der Waals surface area contributed by atoms with Crippen LogP contribution in [0.1, 0.15) is 11.1 Å². The first-order valence-corrected chi connectivity index (χ1v) is 7.98. The summed E-state index contributed by atoms with van der Waals surface area (Å²) >= 11 is 0.894. The van der Waals surface area contributed by atoms with Crippen LogP contribution in [0.4, 0.5) is 22.4 Å². The Labute approximate surface area is 140 Å². The number of amides is 2. The van der Waals surface area contributed by atoms with Crippen molar-refractivity contribution in [3.63, 3.8) is 0 Å². The number of hydrogen-bond donors (Lipinski definition) is 0. The molecule has 4 nitrogen and oxygen atoms in total. The molecule has 2 amide bonds. The molecule has 0 spiro atoms. The average molecular weight is 364 g/mol. The predicted molar refractivity (Wildman–Crippen MR) is 81.4 cm³/mol. The minimum Gasteiger partial charge on any atom is -0.339 e. The maximum Gasteiger partial charge on any atom is 0.471 e. The summed E-state index contributed by atoms with van der Waals surface area (Å²) in [5.41, 5.74) is 0.761. The van der Waals surface area contributed by atoms with E-state index in [1.165, 1.54) is 17.0 Å². The summed E-state index contributed by atoms with van der Waals surface area (Å²) in [5, 5.41) is -0.267. The molecule has 1 heterocycles. The van der Waals surface area contributed by atoms with Crippen molar-refractivity contribution in [1.82, 2.24) is 9.80 Å². The van der Waals surface area contributed by atoms with E-state index in [2.05, 4.69) is 0 Å². The number of thioether (sulfide) groups is 1. The van der Waals surface area contributed by atoms with Crippen LogP contribution in [-0.4, -0.2) is 54.3 Å². The maximum atomic E-state index is 14.1. The van der Waals surface area contributed by atoms with E-state index >= 15 is 0 Å². The molecule has 0 aromatic heterocycles. The van der Waals surface area contributed by atoms with Crippen LogP contribution in [0.25, 0.3) is 0 Å². The molecule has 0 aliphatic carbocycles. The van der Waals surface area contributed by atoms with Crippen molar-refractivity contribution in [1.29, 1.82) is 0 Å². The number of nitrogens with zero attached hydrogens (tertiary/aromatic N) is 2. The van der Waals surface area contributed by atoms with E-state index < -0.39 is 17.9 Å². The molecule has 0 radical (unpaired) electrons. The van der Waals surface area contributed by atoms with Crippen molar-refractivity contribution in [2.24, 2.45) is 0 Å². The Morgan fingerprint density at radius 1 is 1.12 bits per heavy atom. The Morgan fingerprint density at radius 3 is 2.25 bits per heavy atom. The Bertz CT molecular complexity index is 662. The molecule has 0 N–H and O–H groups in total. The predicted octanol–water partition coefficient (Wildman–Crippen LogP) is 3.09. The van der Waals surface area contributed by atoms with E-state index in [9.17, 15) is 27.2 Å². The maximum absolute atomic E-state index is 14.1. The largest absolute Gasteiger partial charge is 0.471 e. The van der Waals surface area contributed by atoms with E-state index in [4.69, 9.17) is 0 Å². The molecule has 1 aromatic carbocycles. The third-order valence-corrected chi connectivity index (χ3v) is 4.83. The first-order valence-electron chi connectivity index (χ1n) is 7.16. The summed E-state index contributed by atoms with van der Waals surface area (Å²) in [6.07, 6.45) is -4.90. The molecule has 0 bridgehead atoms. The van der Waals surface area contributed by atoms with Gasteiger partial charge in [-0.25, -0.2) is 4.39 Å². The highest BCUT2D eigenvalue weighted by atomic mass is 32.2. The molecular formula is C15H16F4N2O2S. The zero-order valence-corrected chi connectivity index (χ0v) is 13.9. The van der Waals surface area contributed by atoms with Gasteiger partial charge in [0.2, 0.25) is 0 Å². The fraction of sp³-hybridized carbons (Fsp3) is 0.467. The Morgan fingerprint density at radius 2 is 1.71 bits per heavy atom. The van der Waals surface area contributed by atoms with Crippen molar-refractivity contribution >= 4 is 22.9 Å². The lowest BCUT2D eigenvalue weighted by Crippen LogP contribution is -2.42. The molecule has 1 aromatic rings. The average Bonchev–Trinajstić information content (AvgIpc) is 2.71. The Balaban J connectivity index is 2.28. The second-order valence-corrected chi connectivity index (χ2v) is 6.55. The van der Waals surface area contributed by atoms with Gasteiger partial charge in [-0.15, -0.1) is 0 Å². The summed E-state index contributed by atoms with van der Waals surface area (Å²) in [6, 6.07) is 2.65. The molecule has 9 heteroatoms. The van der Waals surface area contributed by atoms with Crippen molar-refractivity contribution in [2.45, 2.75) is 23.9 Å². The molecule has 0 atom stereocenters. The summed E-state index contributed by atoms with van der Waals surface area (Å²) in [6.45, 7) is -0.378. The number of rotatable bonds is 1. The summed E-state index contributed by atoms with van der Waals surface area (Å²) in [4.78, 5) is 25.8. The number of carbonyl (C=O) groups excluding carboxylic acids is 2. The Hall–Kier alpha value is -1.77. The summed E-state index contributed by atoms with van der Waals surface area (Å²) in [7, 11) is 3.14. The minimum absolute atomic E-state index is 0.0203. The number of benzene rings is 1. The van der Waals surface area contributed by atoms with Crippen LogP contribution in [-0.2, 0) is 17.6 Å². The fourth-order valence-corrected chi connectivity index (χ4v) is 3.31. The molecule has 2 rings (SSSR count). The highest BCUT2D eigenvalue weighted by molar-refractivity contribution is 8.13. The number of fused-ring (bicyclic) bond motifs is 1. The standard InChI is InChI=1S/C15H16F4N2O2S/c1-20(2)14(23)24-12-4-3-11(16)9-5-7-21(8-6-10(9)12)13(22)15(17,18)19/h3-4H,5-8H2,1-2H3. The lowest BCUT2D eigenvalue weighted by molar-refractivity contribution is -0.185. The highest BCUT2D eigenvalue weighted by Gasteiger charge is 2.42. The fourth-order valence-electron chi connectivity index (χ4n) is 2.46. The zero-order chi connectivity index (χ0) is 18.1. The molecule has 24 heavy (non-hydrogen) atoms. The van der Waals surface area contributed by atoms with Crippen LogP contribution in [0.15, 0.2) is 17.0 Å². The molecule has 1 aliphatic heterocycles. The lowest BCUT2D eigenvalue weighted by Gasteiger charge is -2.21. The molecule has 0 fully saturated rings. The van der Waals surface area contributed by atoms with Gasteiger partial charge >= 0.3 is 12.1 Å². The van der Waals surface area contributed by atoms with E-state index in [-0.39, 0.29) is 36.7 Å². The number of hydrogen-bond acceptors (Lipinski definition) is 3. The van der Waals surface area contributed by atoms with Crippen LogP contribution in [0.3, 0.4) is 0 Å². The van der Waals surface area contributed by atoms with Crippen molar-refractivity contribution in [2.75, 3.05) is 27.2 Å². The molecule has 132 valence electrons. The minimum atomic E-state index is -4.95. The molecular weight excluding hydrogens is 348 g/mol. The lowest BCUT2D eigenvalue weighted by atomic mass is 10.0. The van der Waals surface area contributed by atoms with Gasteiger partial charge in [-0.3, -0.25) is 9.59 Å². The normalized spacial score (nSPS) is 14.8. The van der Waals surface area contributed by atoms with Crippen molar-refractivity contribution in [3.05, 3.63) is 29.1 Å². The van der Waals surface area contributed by atoms with Gasteiger partial charge in [0, 0.05) is 32.1 Å². The molecule has 0 saturated heterocycles. The molecule has 1 aliphatic rings. The van der Waals surface area contributed by atoms with Crippen molar-refractivity contribution < 1.29 is 27.2 Å². The second-order valence-electron chi connectivity index (χ2n) is 5.55. The van der Waals surface area contributed by atoms with Gasteiger partial charge in [0.25, 0.3) is 5.24 Å². The quantitative estimate of drug-likeness (QED) is 0.568. The number of halogens is 4. The van der Waals surface area contributed by atoms with Gasteiger partial charge in [0.15, 0.2) is 0 Å². The van der Waals surface area contributed by atoms with E-state index in [0.717, 1.165) is 11.8 Å². The highest BCUT2D eigenvalue weighted by Crippen LogP contribution is 2.32.